The van der Waals surface area contributed by atoms with Gasteiger partial charge in [-0.2, -0.15) is 0 Å². The highest BCUT2D eigenvalue weighted by molar-refractivity contribution is 6.23. The standard InChI is InChI=1S/C24H24N4O4/c1-14(2)12-20(28-23(31)16-9-4-5-10-17(16)24(28)32)22(30)26-25-21(29)18-13-27(3)19-11-7-6-8-15(18)19/h4-11,13-14,20H,12H2,1-3H3,(H,25,29)(H,26,30)/t20-/m1/s1. The molecular formula is C24H24N4O4. The molecule has 0 aliphatic carbocycles. The van der Waals surface area contributed by atoms with Gasteiger partial charge in [-0.25, -0.2) is 0 Å². The van der Waals surface area contributed by atoms with E-state index in [1.54, 1.807) is 30.5 Å². The average molecular weight is 432 g/mol. The summed E-state index contributed by atoms with van der Waals surface area (Å²) in [5, 5.41) is 0.751. The Labute approximate surface area is 185 Å². The molecule has 0 saturated heterocycles. The van der Waals surface area contributed by atoms with Crippen molar-refractivity contribution < 1.29 is 19.2 Å². The van der Waals surface area contributed by atoms with Crippen molar-refractivity contribution in [2.75, 3.05) is 0 Å². The fourth-order valence-corrected chi connectivity index (χ4v) is 4.06. The summed E-state index contributed by atoms with van der Waals surface area (Å²) in [6.07, 6.45) is 1.95. The van der Waals surface area contributed by atoms with Crippen LogP contribution in [0.25, 0.3) is 10.9 Å². The molecule has 4 amide bonds. The molecule has 32 heavy (non-hydrogen) atoms. The van der Waals surface area contributed by atoms with E-state index in [1.165, 1.54) is 0 Å². The molecule has 0 unspecified atom stereocenters. The van der Waals surface area contributed by atoms with Gasteiger partial charge in [-0.3, -0.25) is 34.9 Å². The van der Waals surface area contributed by atoms with Crippen LogP contribution in [0.15, 0.2) is 54.7 Å². The van der Waals surface area contributed by atoms with Crippen molar-refractivity contribution >= 4 is 34.5 Å². The third-order valence-corrected chi connectivity index (χ3v) is 5.58. The van der Waals surface area contributed by atoms with E-state index in [-0.39, 0.29) is 23.5 Å². The van der Waals surface area contributed by atoms with Gasteiger partial charge in [0.15, 0.2) is 0 Å². The molecule has 1 aliphatic rings. The molecule has 8 heteroatoms. The van der Waals surface area contributed by atoms with Crippen LogP contribution in [0.2, 0.25) is 0 Å². The van der Waals surface area contributed by atoms with Crippen molar-refractivity contribution in [1.82, 2.24) is 20.3 Å². The minimum atomic E-state index is -1.05. The smallest absolute Gasteiger partial charge is 0.271 e. The molecule has 2 heterocycles. The Bertz CT molecular complexity index is 1210. The van der Waals surface area contributed by atoms with Crippen molar-refractivity contribution in [2.45, 2.75) is 26.3 Å². The maximum absolute atomic E-state index is 13.0. The maximum atomic E-state index is 13.0. The molecule has 0 bridgehead atoms. The summed E-state index contributed by atoms with van der Waals surface area (Å²) in [5.41, 5.74) is 6.68. The van der Waals surface area contributed by atoms with Crippen molar-refractivity contribution in [3.05, 3.63) is 71.4 Å². The molecule has 0 radical (unpaired) electrons. The van der Waals surface area contributed by atoms with Crippen LogP contribution < -0.4 is 10.9 Å². The lowest BCUT2D eigenvalue weighted by atomic mass is 10.0. The molecule has 2 N–H and O–H groups in total. The molecular weight excluding hydrogens is 408 g/mol. The maximum Gasteiger partial charge on any atom is 0.271 e. The Morgan fingerprint density at radius 3 is 2.12 bits per heavy atom. The van der Waals surface area contributed by atoms with E-state index in [1.807, 2.05) is 49.7 Å². The van der Waals surface area contributed by atoms with Crippen LogP contribution in [0.3, 0.4) is 0 Å². The zero-order valence-corrected chi connectivity index (χ0v) is 18.1. The van der Waals surface area contributed by atoms with E-state index in [0.29, 0.717) is 5.56 Å². The minimum absolute atomic E-state index is 0.0313. The Balaban J connectivity index is 1.54. The number of hydrogen-bond donors (Lipinski definition) is 2. The second kappa shape index (κ2) is 8.30. The predicted octanol–water partition coefficient (Wildman–Crippen LogP) is 2.65. The molecule has 1 atom stereocenters. The van der Waals surface area contributed by atoms with E-state index in [0.717, 1.165) is 15.8 Å². The zero-order chi connectivity index (χ0) is 23.0. The number of aryl methyl sites for hydroxylation is 1. The molecule has 0 spiro atoms. The number of rotatable bonds is 5. The topological polar surface area (TPSA) is 101 Å². The normalized spacial score (nSPS) is 14.1. The van der Waals surface area contributed by atoms with Gasteiger partial charge in [0.1, 0.15) is 6.04 Å². The highest BCUT2D eigenvalue weighted by Gasteiger charge is 2.42. The Morgan fingerprint density at radius 2 is 1.50 bits per heavy atom. The lowest BCUT2D eigenvalue weighted by Crippen LogP contribution is -2.54. The van der Waals surface area contributed by atoms with Gasteiger partial charge >= 0.3 is 0 Å². The van der Waals surface area contributed by atoms with Crippen molar-refractivity contribution in [3.8, 4) is 0 Å². The predicted molar refractivity (Wildman–Crippen MR) is 119 cm³/mol. The lowest BCUT2D eigenvalue weighted by Gasteiger charge is -2.26. The Hall–Kier alpha value is -3.94. The van der Waals surface area contributed by atoms with Gasteiger partial charge in [0, 0.05) is 24.1 Å². The number of carbonyl (C=O) groups excluding carboxylic acids is 4. The SMILES string of the molecule is CC(C)C[C@H](C(=O)NNC(=O)c1cn(C)c2ccccc12)N1C(=O)c2ccccc2C1=O. The number of amides is 4. The number of para-hydroxylation sites is 1. The van der Waals surface area contributed by atoms with E-state index in [2.05, 4.69) is 10.9 Å². The van der Waals surface area contributed by atoms with Crippen LogP contribution in [0.4, 0.5) is 0 Å². The van der Waals surface area contributed by atoms with Crippen LogP contribution in [-0.2, 0) is 11.8 Å². The number of hydrazine groups is 1. The van der Waals surface area contributed by atoms with E-state index in [9.17, 15) is 19.2 Å². The van der Waals surface area contributed by atoms with Gasteiger partial charge in [-0.05, 0) is 30.5 Å². The average Bonchev–Trinajstić information content (AvgIpc) is 3.25. The lowest BCUT2D eigenvalue weighted by molar-refractivity contribution is -0.126. The number of hydrogen-bond acceptors (Lipinski definition) is 4. The Morgan fingerprint density at radius 1 is 0.906 bits per heavy atom. The van der Waals surface area contributed by atoms with Gasteiger partial charge in [-0.15, -0.1) is 0 Å². The number of nitrogens with one attached hydrogen (secondary N) is 2. The number of imide groups is 1. The molecule has 8 nitrogen and oxygen atoms in total. The van der Waals surface area contributed by atoms with Crippen LogP contribution >= 0.6 is 0 Å². The first-order chi connectivity index (χ1) is 15.3. The van der Waals surface area contributed by atoms with Crippen LogP contribution in [0.1, 0.15) is 51.3 Å². The third-order valence-electron chi connectivity index (χ3n) is 5.58. The zero-order valence-electron chi connectivity index (χ0n) is 18.1. The second-order valence-corrected chi connectivity index (χ2v) is 8.29. The Kier molecular flexibility index (Phi) is 5.52. The monoisotopic (exact) mass is 432 g/mol. The summed E-state index contributed by atoms with van der Waals surface area (Å²) >= 11 is 0. The third kappa shape index (κ3) is 3.64. The molecule has 0 saturated carbocycles. The molecule has 4 rings (SSSR count). The molecule has 2 aromatic carbocycles. The number of fused-ring (bicyclic) bond motifs is 2. The van der Waals surface area contributed by atoms with Crippen LogP contribution in [-0.4, -0.2) is 39.1 Å². The first-order valence-electron chi connectivity index (χ1n) is 10.4. The number of carbonyl (C=O) groups is 4. The fourth-order valence-electron chi connectivity index (χ4n) is 4.06. The summed E-state index contributed by atoms with van der Waals surface area (Å²) in [4.78, 5) is 52.5. The van der Waals surface area contributed by atoms with Gasteiger partial charge in [0.05, 0.1) is 16.7 Å². The van der Waals surface area contributed by atoms with E-state index >= 15 is 0 Å². The van der Waals surface area contributed by atoms with E-state index < -0.39 is 29.7 Å². The van der Waals surface area contributed by atoms with Gasteiger partial charge < -0.3 is 4.57 Å². The minimum Gasteiger partial charge on any atom is -0.350 e. The molecule has 3 aromatic rings. The highest BCUT2D eigenvalue weighted by atomic mass is 16.2. The first kappa shape index (κ1) is 21.3. The summed E-state index contributed by atoms with van der Waals surface area (Å²) in [6.45, 7) is 3.79. The summed E-state index contributed by atoms with van der Waals surface area (Å²) < 4.78 is 1.83. The molecule has 0 fully saturated rings. The summed E-state index contributed by atoms with van der Waals surface area (Å²) in [5.74, 6) is -2.09. The van der Waals surface area contributed by atoms with E-state index in [4.69, 9.17) is 0 Å². The molecule has 1 aromatic heterocycles. The fraction of sp³-hybridized carbons (Fsp3) is 0.250. The quantitative estimate of drug-likeness (QED) is 0.478. The number of nitrogens with zero attached hydrogens (tertiary/aromatic N) is 2. The van der Waals surface area contributed by atoms with Crippen molar-refractivity contribution in [1.29, 1.82) is 0 Å². The largest absolute Gasteiger partial charge is 0.350 e. The summed E-state index contributed by atoms with van der Waals surface area (Å²) in [7, 11) is 1.83. The van der Waals surface area contributed by atoms with Crippen molar-refractivity contribution in [2.24, 2.45) is 13.0 Å². The van der Waals surface area contributed by atoms with Crippen molar-refractivity contribution in [3.63, 3.8) is 0 Å². The highest BCUT2D eigenvalue weighted by Crippen LogP contribution is 2.27. The number of aromatic nitrogens is 1. The van der Waals surface area contributed by atoms with Gasteiger partial charge in [0.2, 0.25) is 0 Å². The van der Waals surface area contributed by atoms with Crippen LogP contribution in [0, 0.1) is 5.92 Å². The number of benzene rings is 2. The molecule has 164 valence electrons. The first-order valence-corrected chi connectivity index (χ1v) is 10.4. The summed E-state index contributed by atoms with van der Waals surface area (Å²) in [6, 6.07) is 12.9. The van der Waals surface area contributed by atoms with Crippen LogP contribution in [0.5, 0.6) is 0 Å². The molecule has 1 aliphatic heterocycles. The second-order valence-electron chi connectivity index (χ2n) is 8.29. The van der Waals surface area contributed by atoms with Gasteiger partial charge in [0.25, 0.3) is 23.6 Å². The van der Waals surface area contributed by atoms with Gasteiger partial charge in [-0.1, -0.05) is 44.2 Å².